The van der Waals surface area contributed by atoms with E-state index in [1.165, 1.54) is 6.33 Å². The fraction of sp³-hybridized carbons (Fsp3) is 0.125. The molecule has 0 saturated carbocycles. The van der Waals surface area contributed by atoms with Crippen molar-refractivity contribution in [3.05, 3.63) is 89.6 Å². The van der Waals surface area contributed by atoms with E-state index in [-0.39, 0.29) is 5.91 Å². The van der Waals surface area contributed by atoms with Gasteiger partial charge in [-0.05, 0) is 69.3 Å². The number of carbonyl (C=O) groups is 1. The Kier molecular flexibility index (Phi) is 6.03. The van der Waals surface area contributed by atoms with Crippen LogP contribution in [0.25, 0.3) is 0 Å². The molecule has 0 spiro atoms. The van der Waals surface area contributed by atoms with Gasteiger partial charge < -0.3 is 16.0 Å². The van der Waals surface area contributed by atoms with Crippen molar-refractivity contribution in [1.29, 1.82) is 0 Å². The fourth-order valence-electron chi connectivity index (χ4n) is 3.16. The maximum absolute atomic E-state index is 12.7. The molecule has 0 atom stereocenters. The van der Waals surface area contributed by atoms with Gasteiger partial charge in [0.15, 0.2) is 0 Å². The predicted molar refractivity (Wildman–Crippen MR) is 126 cm³/mol. The predicted octanol–water partition coefficient (Wildman–Crippen LogP) is 4.93. The van der Waals surface area contributed by atoms with Crippen molar-refractivity contribution in [2.45, 2.75) is 20.8 Å². The number of aromatic nitrogens is 4. The third-order valence-electron chi connectivity index (χ3n) is 4.58. The van der Waals surface area contributed by atoms with Crippen LogP contribution >= 0.6 is 0 Å². The van der Waals surface area contributed by atoms with Crippen LogP contribution in [0.2, 0.25) is 0 Å². The summed E-state index contributed by atoms with van der Waals surface area (Å²) in [7, 11) is 0. The quantitative estimate of drug-likeness (QED) is 0.402. The van der Waals surface area contributed by atoms with Gasteiger partial charge >= 0.3 is 0 Å². The van der Waals surface area contributed by atoms with Gasteiger partial charge in [-0.15, -0.1) is 0 Å². The highest BCUT2D eigenvalue weighted by Gasteiger charge is 2.08. The minimum absolute atomic E-state index is 0.206. The number of carbonyl (C=O) groups excluding carboxylic acids is 1. The Morgan fingerprint density at radius 3 is 2.16 bits per heavy atom. The molecule has 1 amide bonds. The zero-order valence-corrected chi connectivity index (χ0v) is 18.0. The van der Waals surface area contributed by atoms with Crippen LogP contribution in [0.3, 0.4) is 0 Å². The highest BCUT2D eigenvalue weighted by molar-refractivity contribution is 6.04. The third-order valence-corrected chi connectivity index (χ3v) is 4.58. The van der Waals surface area contributed by atoms with E-state index in [0.717, 1.165) is 28.5 Å². The number of amides is 1. The Bertz CT molecular complexity index is 1240. The Hall–Kier alpha value is -4.33. The van der Waals surface area contributed by atoms with Crippen molar-refractivity contribution >= 4 is 34.7 Å². The molecule has 4 aromatic rings. The molecule has 32 heavy (non-hydrogen) atoms. The molecular formula is C24H23N7O. The number of anilines is 5. The lowest BCUT2D eigenvalue weighted by Crippen LogP contribution is -2.12. The van der Waals surface area contributed by atoms with Crippen LogP contribution < -0.4 is 16.0 Å². The molecular weight excluding hydrogens is 402 g/mol. The van der Waals surface area contributed by atoms with E-state index in [1.54, 1.807) is 12.1 Å². The molecule has 0 aliphatic carbocycles. The summed E-state index contributed by atoms with van der Waals surface area (Å²) in [4.78, 5) is 29.8. The van der Waals surface area contributed by atoms with E-state index < -0.39 is 0 Å². The first-order valence-corrected chi connectivity index (χ1v) is 10.1. The molecule has 3 N–H and O–H groups in total. The summed E-state index contributed by atoms with van der Waals surface area (Å²) in [5, 5.41) is 9.29. The number of aryl methyl sites for hydroxylation is 3. The van der Waals surface area contributed by atoms with Gasteiger partial charge in [0.1, 0.15) is 12.1 Å². The lowest BCUT2D eigenvalue weighted by Gasteiger charge is -2.10. The Labute approximate surface area is 186 Å². The summed E-state index contributed by atoms with van der Waals surface area (Å²) in [5.41, 5.74) is 5.45. The molecule has 4 rings (SSSR count). The van der Waals surface area contributed by atoms with Gasteiger partial charge in [0.2, 0.25) is 5.95 Å². The van der Waals surface area contributed by atoms with Crippen LogP contribution in [-0.4, -0.2) is 25.8 Å². The summed E-state index contributed by atoms with van der Waals surface area (Å²) in [6.07, 6.45) is 1.52. The van der Waals surface area contributed by atoms with Crippen LogP contribution in [0.5, 0.6) is 0 Å². The Balaban J connectivity index is 1.42. The molecule has 2 aromatic carbocycles. The second-order valence-electron chi connectivity index (χ2n) is 7.38. The summed E-state index contributed by atoms with van der Waals surface area (Å²) in [5.74, 6) is 1.01. The lowest BCUT2D eigenvalue weighted by atomic mass is 10.2. The Morgan fingerprint density at radius 1 is 0.719 bits per heavy atom. The van der Waals surface area contributed by atoms with E-state index in [4.69, 9.17) is 0 Å². The molecule has 0 saturated heterocycles. The molecule has 2 aromatic heterocycles. The summed E-state index contributed by atoms with van der Waals surface area (Å²) >= 11 is 0. The van der Waals surface area contributed by atoms with Gasteiger partial charge in [0.05, 0.1) is 0 Å². The lowest BCUT2D eigenvalue weighted by molar-refractivity contribution is 0.102. The molecule has 160 valence electrons. The van der Waals surface area contributed by atoms with Crippen LogP contribution in [-0.2, 0) is 0 Å². The molecule has 8 nitrogen and oxygen atoms in total. The van der Waals surface area contributed by atoms with E-state index in [2.05, 4.69) is 35.9 Å². The van der Waals surface area contributed by atoms with Gasteiger partial charge in [-0.2, -0.15) is 0 Å². The van der Waals surface area contributed by atoms with Crippen molar-refractivity contribution in [2.24, 2.45) is 0 Å². The van der Waals surface area contributed by atoms with Crippen LogP contribution in [0.1, 0.15) is 27.4 Å². The number of rotatable bonds is 6. The maximum atomic E-state index is 12.7. The number of nitrogens with one attached hydrogen (secondary N) is 3. The smallest absolute Gasteiger partial charge is 0.255 e. The van der Waals surface area contributed by atoms with E-state index in [0.29, 0.717) is 23.0 Å². The van der Waals surface area contributed by atoms with E-state index in [1.807, 2.05) is 69.3 Å². The average molecular weight is 425 g/mol. The minimum atomic E-state index is -0.206. The number of hydrogen-bond donors (Lipinski definition) is 3. The van der Waals surface area contributed by atoms with Gasteiger partial charge in [0, 0.05) is 45.8 Å². The van der Waals surface area contributed by atoms with E-state index in [9.17, 15) is 4.79 Å². The molecule has 8 heteroatoms. The summed E-state index contributed by atoms with van der Waals surface area (Å²) in [6.45, 7) is 5.74. The highest BCUT2D eigenvalue weighted by Crippen LogP contribution is 2.20. The molecule has 0 radical (unpaired) electrons. The van der Waals surface area contributed by atoms with Crippen molar-refractivity contribution in [1.82, 2.24) is 19.9 Å². The molecule has 0 aliphatic heterocycles. The van der Waals surface area contributed by atoms with E-state index >= 15 is 0 Å². The molecule has 0 bridgehead atoms. The standard InChI is InChI=1S/C24H23N7O/c1-15-12-22(26-14-25-15)29-19-7-9-20(10-8-19)30-23(32)18-5-4-6-21(13-18)31-24-27-16(2)11-17(3)28-24/h4-14H,1-3H3,(H,30,32)(H,25,26,29)(H,27,28,31). The highest BCUT2D eigenvalue weighted by atomic mass is 16.1. The van der Waals surface area contributed by atoms with Gasteiger partial charge in [-0.25, -0.2) is 19.9 Å². The number of nitrogens with zero attached hydrogens (tertiary/aromatic N) is 4. The second-order valence-corrected chi connectivity index (χ2v) is 7.38. The molecule has 0 fully saturated rings. The van der Waals surface area contributed by atoms with Crippen molar-refractivity contribution in [3.8, 4) is 0 Å². The van der Waals surface area contributed by atoms with Crippen molar-refractivity contribution in [3.63, 3.8) is 0 Å². The molecule has 0 unspecified atom stereocenters. The van der Waals surface area contributed by atoms with Crippen molar-refractivity contribution in [2.75, 3.05) is 16.0 Å². The van der Waals surface area contributed by atoms with Crippen molar-refractivity contribution < 1.29 is 4.79 Å². The summed E-state index contributed by atoms with van der Waals surface area (Å²) < 4.78 is 0. The topological polar surface area (TPSA) is 105 Å². The number of hydrogen-bond acceptors (Lipinski definition) is 7. The first-order chi connectivity index (χ1) is 15.4. The van der Waals surface area contributed by atoms with Gasteiger partial charge in [-0.1, -0.05) is 6.07 Å². The van der Waals surface area contributed by atoms with Gasteiger partial charge in [0.25, 0.3) is 5.91 Å². The average Bonchev–Trinajstić information content (AvgIpc) is 2.75. The first-order valence-electron chi connectivity index (χ1n) is 10.1. The maximum Gasteiger partial charge on any atom is 0.255 e. The van der Waals surface area contributed by atoms with Gasteiger partial charge in [-0.3, -0.25) is 4.79 Å². The fourth-order valence-corrected chi connectivity index (χ4v) is 3.16. The number of benzene rings is 2. The zero-order chi connectivity index (χ0) is 22.5. The summed E-state index contributed by atoms with van der Waals surface area (Å²) in [6, 6.07) is 18.4. The minimum Gasteiger partial charge on any atom is -0.340 e. The first kappa shape index (κ1) is 20.9. The second kappa shape index (κ2) is 9.22. The zero-order valence-electron chi connectivity index (χ0n) is 18.0. The van der Waals surface area contributed by atoms with Crippen LogP contribution in [0.4, 0.5) is 28.8 Å². The SMILES string of the molecule is Cc1cc(Nc2ccc(NC(=O)c3cccc(Nc4nc(C)cc(C)n4)c3)cc2)ncn1. The normalized spacial score (nSPS) is 10.5. The van der Waals surface area contributed by atoms with Crippen LogP contribution in [0, 0.1) is 20.8 Å². The molecule has 2 heterocycles. The van der Waals surface area contributed by atoms with Crippen LogP contribution in [0.15, 0.2) is 67.0 Å². The largest absolute Gasteiger partial charge is 0.340 e. The third kappa shape index (κ3) is 5.42. The molecule has 0 aliphatic rings. The monoisotopic (exact) mass is 425 g/mol. The Morgan fingerprint density at radius 2 is 1.44 bits per heavy atom.